The number of hydrogen-bond donors (Lipinski definition) is 0. The van der Waals surface area contributed by atoms with Gasteiger partial charge in [-0.15, -0.1) is 0 Å². The molecule has 0 unspecified atom stereocenters. The fourth-order valence-electron chi connectivity index (χ4n) is 0.0757. The predicted molar refractivity (Wildman–Crippen MR) is 13.3 cm³/mol. The van der Waals surface area contributed by atoms with Gasteiger partial charge in [0, 0.05) is 0 Å². The third kappa shape index (κ3) is 0.525. The van der Waals surface area contributed by atoms with E-state index in [1.807, 2.05) is 0 Å². The molecule has 1 saturated heterocycles. The molecule has 0 atom stereocenters. The van der Waals surface area contributed by atoms with Gasteiger partial charge < -0.3 is 0 Å². The van der Waals surface area contributed by atoms with Crippen LogP contribution in [0.25, 0.3) is 0 Å². The minimum atomic E-state index is -1.16. The van der Waals surface area contributed by atoms with Crippen LogP contribution in [0.3, 0.4) is 0 Å². The van der Waals surface area contributed by atoms with Gasteiger partial charge in [-0.3, -0.25) is 0 Å². The third-order valence-electron chi connectivity index (χ3n) is 0.250. The molecule has 0 aromatic heterocycles. The summed E-state index contributed by atoms with van der Waals surface area (Å²) in [6.07, 6.45) is -0.478. The normalized spacial score (nSPS) is 18.8. The van der Waals surface area contributed by atoms with Crippen LogP contribution in [-0.2, 0) is 5.37 Å². The Bertz CT molecular complexity index is 53.9. The van der Waals surface area contributed by atoms with Crippen LogP contribution in [0, 0.1) is 0 Å². The topological polar surface area (TPSA) is 35.5 Å². The van der Waals surface area contributed by atoms with Crippen LogP contribution in [0.5, 0.6) is 0 Å². The third-order valence-corrected chi connectivity index (χ3v) is 2.19. The van der Waals surface area contributed by atoms with Crippen LogP contribution < -0.4 is 0 Å². The number of carbonyl (C=O) groups excluding carboxylic acids is 1. The molecule has 0 aromatic rings. The Morgan fingerprint density at radius 3 is 2.00 bits per heavy atom. The molecule has 0 spiro atoms. The first kappa shape index (κ1) is 3.38. The Balaban J connectivity index is 2.32. The molecule has 1 aliphatic rings. The molecule has 5 heavy (non-hydrogen) atoms. The van der Waals surface area contributed by atoms with Gasteiger partial charge in [-0.1, -0.05) is 0 Å². The van der Waals surface area contributed by atoms with Gasteiger partial charge in [0.1, 0.15) is 0 Å². The Morgan fingerprint density at radius 1 is 1.60 bits per heavy atom. The second kappa shape index (κ2) is 1.11. The molecule has 0 aliphatic carbocycles. The van der Waals surface area contributed by atoms with Crippen molar-refractivity contribution < 1.29 is 10.2 Å². The standard InChI is InChI=1S/CH2O3.Pb/c2-1(3)4;/h(H2,2,3,4);/q;+2/p-2. The monoisotopic (exact) mass is 268 g/mol. The van der Waals surface area contributed by atoms with E-state index in [0.717, 1.165) is 0 Å². The van der Waals surface area contributed by atoms with E-state index in [2.05, 4.69) is 5.37 Å². The Morgan fingerprint density at radius 2 is 2.00 bits per heavy atom. The van der Waals surface area contributed by atoms with E-state index in [1.165, 1.54) is 0 Å². The summed E-state index contributed by atoms with van der Waals surface area (Å²) in [5, 5.41) is 0. The van der Waals surface area contributed by atoms with Gasteiger partial charge >= 0.3 is 41.5 Å². The number of carbonyl (C=O) groups is 1. The van der Waals surface area contributed by atoms with Crippen molar-refractivity contribution in [2.75, 3.05) is 0 Å². The second-order valence-corrected chi connectivity index (χ2v) is 2.77. The Kier molecular flexibility index (Phi) is 0.754. The van der Waals surface area contributed by atoms with Crippen LogP contribution in [0.4, 0.5) is 4.79 Å². The fraction of sp³-hybridized carbons (Fsp3) is 0. The van der Waals surface area contributed by atoms with Crippen molar-refractivity contribution in [3.05, 3.63) is 0 Å². The van der Waals surface area contributed by atoms with Crippen molar-refractivity contribution in [1.82, 2.24) is 0 Å². The molecular formula is CO3Pb. The first-order valence-corrected chi connectivity index (χ1v) is 4.19. The second-order valence-electron chi connectivity index (χ2n) is 0.537. The number of rotatable bonds is 0. The summed E-state index contributed by atoms with van der Waals surface area (Å²) in [7, 11) is 0. The van der Waals surface area contributed by atoms with Crippen LogP contribution in [0.2, 0.25) is 0 Å². The minimum absolute atomic E-state index is 0.478. The summed E-state index contributed by atoms with van der Waals surface area (Å²) in [5.74, 6) is 0. The van der Waals surface area contributed by atoms with Crippen molar-refractivity contribution in [3.63, 3.8) is 0 Å². The maximum absolute atomic E-state index is 9.50. The summed E-state index contributed by atoms with van der Waals surface area (Å²) in [6, 6.07) is 0. The molecule has 1 heterocycles. The molecule has 0 bridgehead atoms. The molecule has 0 saturated carbocycles. The van der Waals surface area contributed by atoms with E-state index in [9.17, 15) is 4.79 Å². The van der Waals surface area contributed by atoms with Crippen LogP contribution in [0.15, 0.2) is 0 Å². The average Bonchev–Trinajstić information content (AvgIpc) is 1.30. The Labute approximate surface area is 41.8 Å². The molecule has 2 radical (unpaired) electrons. The summed E-state index contributed by atoms with van der Waals surface area (Å²) < 4.78 is 8.53. The molecule has 1 rings (SSSR count). The van der Waals surface area contributed by atoms with Crippen LogP contribution in [-0.4, -0.2) is 31.3 Å². The fourth-order valence-corrected chi connectivity index (χ4v) is 0.664. The van der Waals surface area contributed by atoms with E-state index in [-0.39, 0.29) is 0 Å². The maximum atomic E-state index is 9.50. The molecule has 3 nitrogen and oxygen atoms in total. The first-order valence-electron chi connectivity index (χ1n) is 1.02. The van der Waals surface area contributed by atoms with E-state index in [4.69, 9.17) is 0 Å². The van der Waals surface area contributed by atoms with Crippen LogP contribution in [0.1, 0.15) is 0 Å². The van der Waals surface area contributed by atoms with E-state index < -0.39 is 31.3 Å². The molecule has 0 N–H and O–H groups in total. The van der Waals surface area contributed by atoms with Gasteiger partial charge in [-0.25, -0.2) is 0 Å². The van der Waals surface area contributed by atoms with Gasteiger partial charge in [-0.2, -0.15) is 0 Å². The average molecular weight is 267 g/mol. The summed E-state index contributed by atoms with van der Waals surface area (Å²) in [6.45, 7) is 0. The van der Waals surface area contributed by atoms with Crippen molar-refractivity contribution in [2.24, 2.45) is 0 Å². The van der Waals surface area contributed by atoms with Crippen molar-refractivity contribution in [2.45, 2.75) is 0 Å². The zero-order valence-electron chi connectivity index (χ0n) is 2.22. The molecule has 1 fully saturated rings. The summed E-state index contributed by atoms with van der Waals surface area (Å²) >= 11 is -1.16. The zero-order chi connectivity index (χ0) is 3.70. The molecule has 1 aliphatic heterocycles. The number of hydrogen-bond acceptors (Lipinski definition) is 3. The van der Waals surface area contributed by atoms with Gasteiger partial charge in [0.15, 0.2) is 0 Å². The van der Waals surface area contributed by atoms with Gasteiger partial charge in [0.05, 0.1) is 0 Å². The Hall–Kier alpha value is 0.192. The quantitative estimate of drug-likeness (QED) is 0.565. The molecule has 26 valence electrons. The van der Waals surface area contributed by atoms with Crippen molar-refractivity contribution >= 4 is 31.3 Å². The molecular weight excluding hydrogens is 267 g/mol. The van der Waals surface area contributed by atoms with Crippen LogP contribution >= 0.6 is 0 Å². The predicted octanol–water partition coefficient (Wildman–Crippen LogP) is -0.313. The van der Waals surface area contributed by atoms with Gasteiger partial charge in [0.25, 0.3) is 0 Å². The molecule has 4 heteroatoms. The van der Waals surface area contributed by atoms with Crippen molar-refractivity contribution in [1.29, 1.82) is 0 Å². The SMILES string of the molecule is O=C1[O][Pb][O]1. The van der Waals surface area contributed by atoms with E-state index in [1.54, 1.807) is 0 Å². The van der Waals surface area contributed by atoms with E-state index in [0.29, 0.717) is 0 Å². The summed E-state index contributed by atoms with van der Waals surface area (Å²) in [4.78, 5) is 9.50. The molecule has 0 aromatic carbocycles. The zero-order valence-corrected chi connectivity index (χ0v) is 6.11. The van der Waals surface area contributed by atoms with Gasteiger partial charge in [0.2, 0.25) is 0 Å². The molecule has 0 amide bonds. The first-order chi connectivity index (χ1) is 2.39. The summed E-state index contributed by atoms with van der Waals surface area (Å²) in [5.41, 5.74) is 0. The van der Waals surface area contributed by atoms with Gasteiger partial charge in [-0.05, 0) is 0 Å². The van der Waals surface area contributed by atoms with E-state index >= 15 is 0 Å². The van der Waals surface area contributed by atoms with Crippen molar-refractivity contribution in [3.8, 4) is 0 Å².